The molecule has 0 aromatic heterocycles. The lowest BCUT2D eigenvalue weighted by Crippen LogP contribution is -2.01. The SMILES string of the molecule is CCCCC(CC)c1ccc(S(=O)(=O)O)cc1. The fourth-order valence-corrected chi connectivity index (χ4v) is 2.45. The van der Waals surface area contributed by atoms with E-state index in [2.05, 4.69) is 13.8 Å². The van der Waals surface area contributed by atoms with Crippen molar-refractivity contribution >= 4 is 10.1 Å². The van der Waals surface area contributed by atoms with E-state index >= 15 is 0 Å². The Morgan fingerprint density at radius 2 is 1.76 bits per heavy atom. The van der Waals surface area contributed by atoms with Crippen LogP contribution in [0, 0.1) is 0 Å². The van der Waals surface area contributed by atoms with Crippen LogP contribution in [-0.2, 0) is 10.1 Å². The zero-order valence-electron chi connectivity index (χ0n) is 10.4. The van der Waals surface area contributed by atoms with Crippen LogP contribution in [0.15, 0.2) is 29.2 Å². The van der Waals surface area contributed by atoms with Crippen molar-refractivity contribution in [2.75, 3.05) is 0 Å². The summed E-state index contributed by atoms with van der Waals surface area (Å²) >= 11 is 0. The molecule has 96 valence electrons. The molecule has 1 unspecified atom stereocenters. The molecule has 1 N–H and O–H groups in total. The second-order valence-electron chi connectivity index (χ2n) is 4.29. The molecule has 1 aromatic carbocycles. The third-order valence-corrected chi connectivity index (χ3v) is 3.92. The smallest absolute Gasteiger partial charge is 0.282 e. The summed E-state index contributed by atoms with van der Waals surface area (Å²) in [6.07, 6.45) is 4.52. The normalized spacial score (nSPS) is 13.6. The van der Waals surface area contributed by atoms with Gasteiger partial charge in [0.25, 0.3) is 10.1 Å². The number of hydrogen-bond donors (Lipinski definition) is 1. The van der Waals surface area contributed by atoms with Gasteiger partial charge in [0.1, 0.15) is 0 Å². The number of benzene rings is 1. The van der Waals surface area contributed by atoms with Crippen molar-refractivity contribution < 1.29 is 13.0 Å². The molecule has 0 spiro atoms. The molecule has 0 bridgehead atoms. The summed E-state index contributed by atoms with van der Waals surface area (Å²) in [5.41, 5.74) is 1.15. The Bertz CT molecular complexity index is 434. The maximum atomic E-state index is 10.9. The van der Waals surface area contributed by atoms with E-state index in [1.807, 2.05) is 0 Å². The maximum absolute atomic E-state index is 10.9. The van der Waals surface area contributed by atoms with E-state index in [4.69, 9.17) is 4.55 Å². The highest BCUT2D eigenvalue weighted by Gasteiger charge is 2.12. The van der Waals surface area contributed by atoms with Crippen molar-refractivity contribution in [1.29, 1.82) is 0 Å². The summed E-state index contributed by atoms with van der Waals surface area (Å²) in [6, 6.07) is 6.54. The molecule has 0 saturated heterocycles. The van der Waals surface area contributed by atoms with Gasteiger partial charge in [0.15, 0.2) is 0 Å². The van der Waals surface area contributed by atoms with Crippen molar-refractivity contribution in [2.45, 2.75) is 50.3 Å². The highest BCUT2D eigenvalue weighted by Crippen LogP contribution is 2.26. The molecule has 4 heteroatoms. The molecule has 1 aromatic rings. The molecule has 0 aliphatic carbocycles. The van der Waals surface area contributed by atoms with Gasteiger partial charge < -0.3 is 0 Å². The Hall–Kier alpha value is -0.870. The van der Waals surface area contributed by atoms with Crippen LogP contribution in [-0.4, -0.2) is 13.0 Å². The lowest BCUT2D eigenvalue weighted by atomic mass is 9.91. The molecule has 0 aliphatic rings. The van der Waals surface area contributed by atoms with Crippen molar-refractivity contribution in [2.24, 2.45) is 0 Å². The van der Waals surface area contributed by atoms with Crippen LogP contribution in [0.5, 0.6) is 0 Å². The third kappa shape index (κ3) is 4.13. The van der Waals surface area contributed by atoms with Gasteiger partial charge in [-0.1, -0.05) is 38.8 Å². The molecule has 17 heavy (non-hydrogen) atoms. The van der Waals surface area contributed by atoms with Crippen LogP contribution >= 0.6 is 0 Å². The third-order valence-electron chi connectivity index (χ3n) is 3.05. The zero-order valence-corrected chi connectivity index (χ0v) is 11.2. The van der Waals surface area contributed by atoms with E-state index < -0.39 is 10.1 Å². The minimum absolute atomic E-state index is 0.0356. The average molecular weight is 256 g/mol. The van der Waals surface area contributed by atoms with Gasteiger partial charge in [0.2, 0.25) is 0 Å². The van der Waals surface area contributed by atoms with Crippen LogP contribution < -0.4 is 0 Å². The standard InChI is InChI=1S/C13H20O3S/c1-3-5-6-11(4-2)12-7-9-13(10-8-12)17(14,15)16/h7-11H,3-6H2,1-2H3,(H,14,15,16). The number of unbranched alkanes of at least 4 members (excludes halogenated alkanes) is 1. The Morgan fingerprint density at radius 3 is 2.18 bits per heavy atom. The summed E-state index contributed by atoms with van der Waals surface area (Å²) in [4.78, 5) is -0.0356. The molecule has 0 aliphatic heterocycles. The van der Waals surface area contributed by atoms with Gasteiger partial charge in [0, 0.05) is 0 Å². The minimum Gasteiger partial charge on any atom is -0.282 e. The molecule has 0 fully saturated rings. The van der Waals surface area contributed by atoms with Gasteiger partial charge in [-0.3, -0.25) is 4.55 Å². The summed E-state index contributed by atoms with van der Waals surface area (Å²) in [6.45, 7) is 4.30. The van der Waals surface area contributed by atoms with E-state index in [9.17, 15) is 8.42 Å². The van der Waals surface area contributed by atoms with Crippen LogP contribution in [0.1, 0.15) is 51.0 Å². The zero-order chi connectivity index (χ0) is 12.9. The van der Waals surface area contributed by atoms with Gasteiger partial charge in [-0.2, -0.15) is 8.42 Å². The van der Waals surface area contributed by atoms with Gasteiger partial charge in [0.05, 0.1) is 4.90 Å². The molecule has 0 amide bonds. The molecular formula is C13H20O3S. The molecule has 3 nitrogen and oxygen atoms in total. The molecule has 0 radical (unpaired) electrons. The maximum Gasteiger partial charge on any atom is 0.294 e. The molecule has 0 saturated carbocycles. The van der Waals surface area contributed by atoms with E-state index in [0.717, 1.165) is 18.4 Å². The Labute approximate surface area is 104 Å². The van der Waals surface area contributed by atoms with Gasteiger partial charge >= 0.3 is 0 Å². The van der Waals surface area contributed by atoms with E-state index in [1.54, 1.807) is 12.1 Å². The first-order valence-corrected chi connectivity index (χ1v) is 7.50. The van der Waals surface area contributed by atoms with E-state index in [-0.39, 0.29) is 4.90 Å². The van der Waals surface area contributed by atoms with Gasteiger partial charge in [-0.15, -0.1) is 0 Å². The quantitative estimate of drug-likeness (QED) is 0.791. The first-order chi connectivity index (χ1) is 7.99. The predicted octanol–water partition coefficient (Wildman–Crippen LogP) is 3.62. The Balaban J connectivity index is 2.85. The highest BCUT2D eigenvalue weighted by molar-refractivity contribution is 7.85. The van der Waals surface area contributed by atoms with Crippen molar-refractivity contribution in [3.63, 3.8) is 0 Å². The molecule has 0 heterocycles. The first-order valence-electron chi connectivity index (χ1n) is 6.06. The topological polar surface area (TPSA) is 54.4 Å². The second-order valence-corrected chi connectivity index (χ2v) is 5.71. The fraction of sp³-hybridized carbons (Fsp3) is 0.538. The molecule has 1 rings (SSSR count). The summed E-state index contributed by atoms with van der Waals surface area (Å²) in [5, 5.41) is 0. The second kappa shape index (κ2) is 6.17. The van der Waals surface area contributed by atoms with E-state index in [1.165, 1.54) is 25.0 Å². The van der Waals surface area contributed by atoms with Gasteiger partial charge in [-0.25, -0.2) is 0 Å². The lowest BCUT2D eigenvalue weighted by molar-refractivity contribution is 0.483. The van der Waals surface area contributed by atoms with Crippen molar-refractivity contribution in [3.8, 4) is 0 Å². The molecular weight excluding hydrogens is 236 g/mol. The summed E-state index contributed by atoms with van der Waals surface area (Å²) in [7, 11) is -4.07. The van der Waals surface area contributed by atoms with Crippen LogP contribution in [0.25, 0.3) is 0 Å². The summed E-state index contributed by atoms with van der Waals surface area (Å²) in [5.74, 6) is 0.477. The van der Waals surface area contributed by atoms with E-state index in [0.29, 0.717) is 5.92 Å². The Kier molecular flexibility index (Phi) is 5.15. The monoisotopic (exact) mass is 256 g/mol. The average Bonchev–Trinajstić information content (AvgIpc) is 2.29. The minimum atomic E-state index is -4.07. The predicted molar refractivity (Wildman–Crippen MR) is 68.8 cm³/mol. The van der Waals surface area contributed by atoms with Crippen molar-refractivity contribution in [1.82, 2.24) is 0 Å². The van der Waals surface area contributed by atoms with Crippen molar-refractivity contribution in [3.05, 3.63) is 29.8 Å². The Morgan fingerprint density at radius 1 is 1.18 bits per heavy atom. The largest absolute Gasteiger partial charge is 0.294 e. The first kappa shape index (κ1) is 14.2. The molecule has 1 atom stereocenters. The van der Waals surface area contributed by atoms with Crippen LogP contribution in [0.4, 0.5) is 0 Å². The summed E-state index contributed by atoms with van der Waals surface area (Å²) < 4.78 is 30.7. The number of rotatable bonds is 6. The van der Waals surface area contributed by atoms with Crippen LogP contribution in [0.3, 0.4) is 0 Å². The lowest BCUT2D eigenvalue weighted by Gasteiger charge is -2.14. The number of hydrogen-bond acceptors (Lipinski definition) is 2. The highest BCUT2D eigenvalue weighted by atomic mass is 32.2. The van der Waals surface area contributed by atoms with Gasteiger partial charge in [-0.05, 0) is 36.5 Å². The fourth-order valence-electron chi connectivity index (χ4n) is 1.97. The van der Waals surface area contributed by atoms with Crippen LogP contribution in [0.2, 0.25) is 0 Å².